The monoisotopic (exact) mass is 780 g/mol. The molecule has 2 saturated heterocycles. The van der Waals surface area contributed by atoms with E-state index in [9.17, 15) is 58.2 Å². The number of hydrogen-bond acceptors (Lipinski definition) is 7. The number of carbonyl (C=O) groups is 2. The van der Waals surface area contributed by atoms with E-state index in [-0.39, 0.29) is 43.2 Å². The third kappa shape index (κ3) is 8.51. The number of amidine groups is 1. The number of halogens is 8. The zero-order valence-corrected chi connectivity index (χ0v) is 29.5. The van der Waals surface area contributed by atoms with E-state index >= 15 is 0 Å². The van der Waals surface area contributed by atoms with Crippen LogP contribution in [-0.2, 0) is 21.0 Å². The van der Waals surface area contributed by atoms with Crippen LogP contribution in [0.25, 0.3) is 6.08 Å². The van der Waals surface area contributed by atoms with Gasteiger partial charge in [0.2, 0.25) is 10.0 Å². The van der Waals surface area contributed by atoms with Crippen molar-refractivity contribution in [2.24, 2.45) is 4.99 Å². The summed E-state index contributed by atoms with van der Waals surface area (Å²) in [4.78, 5) is 32.1. The highest BCUT2D eigenvalue weighted by molar-refractivity contribution is 7.92. The van der Waals surface area contributed by atoms with Gasteiger partial charge in [-0.15, -0.1) is 0 Å². The number of nitrogens with zero attached hydrogens (tertiary/aromatic N) is 3. The number of aliphatic hydroxyl groups is 1. The number of amides is 2. The maximum Gasteiger partial charge on any atom is 0.456 e. The van der Waals surface area contributed by atoms with E-state index in [1.165, 1.54) is 6.08 Å². The largest absolute Gasteiger partial charge is 0.486 e. The number of aliphatic imine (C=N–C) groups is 1. The molecule has 0 atom stereocenters. The highest BCUT2D eigenvalue weighted by atomic mass is 32.2. The molecule has 0 radical (unpaired) electrons. The molecule has 2 aromatic carbocycles. The maximum absolute atomic E-state index is 13.8. The molecule has 0 unspecified atom stereocenters. The number of carbonyl (C=O) groups excluding carboxylic acids is 2. The van der Waals surface area contributed by atoms with Gasteiger partial charge in [-0.3, -0.25) is 14.6 Å². The van der Waals surface area contributed by atoms with Crippen molar-refractivity contribution in [1.29, 1.82) is 0 Å². The minimum absolute atomic E-state index is 0.143. The molecule has 0 bridgehead atoms. The van der Waals surface area contributed by atoms with Crippen LogP contribution in [0.1, 0.15) is 70.8 Å². The van der Waals surface area contributed by atoms with E-state index in [0.29, 0.717) is 60.3 Å². The molecule has 2 amide bonds. The molecule has 0 aliphatic carbocycles. The molecule has 3 aliphatic heterocycles. The molecule has 0 aromatic heterocycles. The molecule has 3 aliphatic rings. The summed E-state index contributed by atoms with van der Waals surface area (Å²) < 4.78 is 138. The second-order valence-corrected chi connectivity index (χ2v) is 15.5. The molecule has 2 aromatic rings. The molecule has 3 heterocycles. The molecule has 5 rings (SSSR count). The Morgan fingerprint density at radius 2 is 1.55 bits per heavy atom. The molecule has 2 N–H and O–H groups in total. The summed E-state index contributed by atoms with van der Waals surface area (Å²) in [7, 11) is -4.04. The van der Waals surface area contributed by atoms with Gasteiger partial charge in [-0.2, -0.15) is 39.4 Å². The van der Waals surface area contributed by atoms with Crippen molar-refractivity contribution in [3.05, 3.63) is 69.1 Å². The molecule has 53 heavy (non-hydrogen) atoms. The second-order valence-electron chi connectivity index (χ2n) is 13.7. The fourth-order valence-corrected chi connectivity index (χ4v) is 7.52. The topological polar surface area (TPSA) is 129 Å². The number of alkyl halides is 8. The molecular formula is C34H36F8N4O6S. The number of ether oxygens (including phenoxy) is 1. The van der Waals surface area contributed by atoms with Crippen molar-refractivity contribution in [3.8, 4) is 5.75 Å². The fraction of sp³-hybridized carbons (Fsp3) is 0.500. The second kappa shape index (κ2) is 14.0. The van der Waals surface area contributed by atoms with Gasteiger partial charge >= 0.3 is 18.3 Å². The minimum Gasteiger partial charge on any atom is -0.486 e. The standard InChI is InChI=1S/C34H36F8N4O6S/c1-20-16-23(28(47)45-11-7-30(3,49)8-12-45)17-21(2)24(20)6-15-53(50,51)46-13-9-31(10-14-46)29(48)43-27(44-31)22-4-5-26(25(18-22)33(37,38)39)52-19-32(35,36)34(40,41)42/h4-6,15-18,49H,7-14,19H2,1-3H3,(H,43,44,48)/b15-6+. The summed E-state index contributed by atoms with van der Waals surface area (Å²) in [6.07, 6.45) is -9.29. The predicted molar refractivity (Wildman–Crippen MR) is 176 cm³/mol. The Morgan fingerprint density at radius 1 is 0.962 bits per heavy atom. The Bertz CT molecular complexity index is 1920. The average Bonchev–Trinajstić information content (AvgIpc) is 3.36. The van der Waals surface area contributed by atoms with Crippen molar-refractivity contribution >= 4 is 33.7 Å². The van der Waals surface area contributed by atoms with Gasteiger partial charge in [0.25, 0.3) is 11.8 Å². The summed E-state index contributed by atoms with van der Waals surface area (Å²) in [5.74, 6) is -7.96. The molecule has 10 nitrogen and oxygen atoms in total. The van der Waals surface area contributed by atoms with Gasteiger partial charge in [0.05, 0.1) is 11.2 Å². The Labute approximate surface area is 299 Å². The smallest absolute Gasteiger partial charge is 0.456 e. The van der Waals surface area contributed by atoms with E-state index in [1.54, 1.807) is 37.8 Å². The number of benzene rings is 2. The third-order valence-electron chi connectivity index (χ3n) is 9.65. The number of rotatable bonds is 8. The van der Waals surface area contributed by atoms with Gasteiger partial charge in [0, 0.05) is 42.7 Å². The maximum atomic E-state index is 13.8. The zero-order valence-electron chi connectivity index (χ0n) is 28.7. The van der Waals surface area contributed by atoms with Gasteiger partial charge in [-0.05, 0) is 99.6 Å². The molecule has 19 heteroatoms. The normalized spacial score (nSPS) is 19.8. The van der Waals surface area contributed by atoms with Crippen LogP contribution in [0.3, 0.4) is 0 Å². The summed E-state index contributed by atoms with van der Waals surface area (Å²) >= 11 is 0. The summed E-state index contributed by atoms with van der Waals surface area (Å²) in [6, 6.07) is 5.18. The van der Waals surface area contributed by atoms with E-state index in [0.717, 1.165) is 15.8 Å². The van der Waals surface area contributed by atoms with Crippen LogP contribution >= 0.6 is 0 Å². The number of nitrogens with one attached hydrogen (secondary N) is 1. The Kier molecular flexibility index (Phi) is 10.6. The minimum atomic E-state index is -6.06. The Hall–Kier alpha value is -4.10. The van der Waals surface area contributed by atoms with Crippen molar-refractivity contribution in [3.63, 3.8) is 0 Å². The number of aryl methyl sites for hydroxylation is 2. The van der Waals surface area contributed by atoms with E-state index < -0.39 is 63.3 Å². The van der Waals surface area contributed by atoms with Gasteiger partial charge in [0.1, 0.15) is 17.1 Å². The lowest BCUT2D eigenvalue weighted by atomic mass is 9.89. The van der Waals surface area contributed by atoms with Crippen LogP contribution in [0.15, 0.2) is 40.7 Å². The Balaban J connectivity index is 1.27. The number of hydrogen-bond donors (Lipinski definition) is 2. The van der Waals surface area contributed by atoms with Crippen molar-refractivity contribution in [2.75, 3.05) is 32.8 Å². The first kappa shape index (κ1) is 40.1. The van der Waals surface area contributed by atoms with Crippen LogP contribution in [0, 0.1) is 13.8 Å². The van der Waals surface area contributed by atoms with Crippen LogP contribution in [0.4, 0.5) is 35.1 Å². The van der Waals surface area contributed by atoms with Crippen molar-refractivity contribution in [2.45, 2.75) is 75.9 Å². The summed E-state index contributed by atoms with van der Waals surface area (Å²) in [5, 5.41) is 13.6. The highest BCUT2D eigenvalue weighted by Gasteiger charge is 2.58. The highest BCUT2D eigenvalue weighted by Crippen LogP contribution is 2.41. The lowest BCUT2D eigenvalue weighted by Gasteiger charge is -2.36. The van der Waals surface area contributed by atoms with E-state index in [2.05, 4.69) is 15.0 Å². The van der Waals surface area contributed by atoms with Crippen molar-refractivity contribution < 1.29 is 63.0 Å². The van der Waals surface area contributed by atoms with Gasteiger partial charge in [-0.25, -0.2) is 8.42 Å². The van der Waals surface area contributed by atoms with E-state index in [4.69, 9.17) is 0 Å². The molecule has 0 saturated carbocycles. The van der Waals surface area contributed by atoms with Crippen LogP contribution in [0.2, 0.25) is 0 Å². The number of likely N-dealkylation sites (tertiary alicyclic amines) is 1. The summed E-state index contributed by atoms with van der Waals surface area (Å²) in [6.45, 7) is 3.24. The first-order chi connectivity index (χ1) is 24.3. The van der Waals surface area contributed by atoms with Gasteiger partial charge < -0.3 is 20.1 Å². The molecule has 2 fully saturated rings. The quantitative estimate of drug-likeness (QED) is 0.336. The molecule has 290 valence electrons. The third-order valence-corrected chi connectivity index (χ3v) is 11.2. The first-order valence-corrected chi connectivity index (χ1v) is 17.9. The fourth-order valence-electron chi connectivity index (χ4n) is 6.35. The number of piperidine rings is 2. The summed E-state index contributed by atoms with van der Waals surface area (Å²) in [5.41, 5.74) is -2.06. The van der Waals surface area contributed by atoms with E-state index in [1.807, 2.05) is 0 Å². The Morgan fingerprint density at radius 3 is 2.09 bits per heavy atom. The first-order valence-electron chi connectivity index (χ1n) is 16.4. The van der Waals surface area contributed by atoms with Gasteiger partial charge in [0.15, 0.2) is 6.61 Å². The predicted octanol–water partition coefficient (Wildman–Crippen LogP) is 5.60. The lowest BCUT2D eigenvalue weighted by molar-refractivity contribution is -0.290. The van der Waals surface area contributed by atoms with Crippen LogP contribution in [-0.4, -0.2) is 96.4 Å². The lowest BCUT2D eigenvalue weighted by Crippen LogP contribution is -2.50. The van der Waals surface area contributed by atoms with Crippen LogP contribution in [0.5, 0.6) is 5.75 Å². The van der Waals surface area contributed by atoms with Gasteiger partial charge in [-0.1, -0.05) is 0 Å². The van der Waals surface area contributed by atoms with Crippen LogP contribution < -0.4 is 10.1 Å². The van der Waals surface area contributed by atoms with Crippen molar-refractivity contribution in [1.82, 2.24) is 14.5 Å². The SMILES string of the molecule is Cc1cc(C(=O)N2CCC(C)(O)CC2)cc(C)c1/C=C/S(=O)(=O)N1CCC2(CC1)N=C(c1ccc(OCC(F)(F)C(F)(F)F)c(C(F)(F)F)c1)NC2=O. The average molecular weight is 781 g/mol. The number of sulfonamides is 1. The molecule has 1 spiro atoms. The molecular weight excluding hydrogens is 744 g/mol. The zero-order chi connectivity index (χ0) is 39.4.